The summed E-state index contributed by atoms with van der Waals surface area (Å²) in [6.45, 7) is 4.95. The first-order valence-corrected chi connectivity index (χ1v) is 7.13. The lowest BCUT2D eigenvalue weighted by atomic mass is 9.93. The summed E-state index contributed by atoms with van der Waals surface area (Å²) in [7, 11) is 0. The fourth-order valence-electron chi connectivity index (χ4n) is 2.95. The van der Waals surface area contributed by atoms with E-state index in [4.69, 9.17) is 0 Å². The Bertz CT molecular complexity index is 373. The lowest BCUT2D eigenvalue weighted by Crippen LogP contribution is -2.38. The molecule has 0 unspecified atom stereocenters. The summed E-state index contributed by atoms with van der Waals surface area (Å²) in [5, 5.41) is 9.88. The molecule has 100 valence electrons. The van der Waals surface area contributed by atoms with Crippen LogP contribution in [-0.2, 0) is 0 Å². The van der Waals surface area contributed by atoms with Gasteiger partial charge < -0.3 is 10.0 Å². The summed E-state index contributed by atoms with van der Waals surface area (Å²) in [5.74, 6) is 0.974. The Morgan fingerprint density at radius 3 is 2.72 bits per heavy atom. The molecule has 0 aromatic carbocycles. The van der Waals surface area contributed by atoms with Gasteiger partial charge in [0, 0.05) is 24.3 Å². The van der Waals surface area contributed by atoms with Gasteiger partial charge in [0.1, 0.15) is 5.82 Å². The van der Waals surface area contributed by atoms with Crippen molar-refractivity contribution in [2.75, 3.05) is 11.4 Å². The zero-order valence-corrected chi connectivity index (χ0v) is 11.5. The van der Waals surface area contributed by atoms with Crippen molar-refractivity contribution in [2.45, 2.75) is 58.1 Å². The third-order valence-corrected chi connectivity index (χ3v) is 3.90. The topological polar surface area (TPSA) is 36.4 Å². The van der Waals surface area contributed by atoms with E-state index >= 15 is 0 Å². The standard InChI is InChI=1S/C15H24N2O/c1-3-17(13-8-5-4-6-9-13)15-14(12(2)18)10-7-11-16-15/h7,10-13,18H,3-6,8-9H2,1-2H3/t12-/m1/s1. The van der Waals surface area contributed by atoms with E-state index in [9.17, 15) is 5.11 Å². The quantitative estimate of drug-likeness (QED) is 0.888. The van der Waals surface area contributed by atoms with Gasteiger partial charge in [0.25, 0.3) is 0 Å². The molecule has 1 aromatic heterocycles. The van der Waals surface area contributed by atoms with E-state index in [2.05, 4.69) is 16.8 Å². The van der Waals surface area contributed by atoms with Crippen molar-refractivity contribution >= 4 is 5.82 Å². The fraction of sp³-hybridized carbons (Fsp3) is 0.667. The average Bonchev–Trinajstić information content (AvgIpc) is 2.41. The van der Waals surface area contributed by atoms with E-state index in [-0.39, 0.29) is 0 Å². The number of rotatable bonds is 4. The van der Waals surface area contributed by atoms with Gasteiger partial charge in [-0.05, 0) is 32.8 Å². The maximum Gasteiger partial charge on any atom is 0.134 e. The molecule has 3 nitrogen and oxygen atoms in total. The van der Waals surface area contributed by atoms with Crippen LogP contribution in [0.4, 0.5) is 5.82 Å². The zero-order valence-electron chi connectivity index (χ0n) is 11.5. The van der Waals surface area contributed by atoms with Crippen molar-refractivity contribution in [1.29, 1.82) is 0 Å². The van der Waals surface area contributed by atoms with Crippen LogP contribution in [0, 0.1) is 0 Å². The van der Waals surface area contributed by atoms with Crippen molar-refractivity contribution in [3.8, 4) is 0 Å². The Hall–Kier alpha value is -1.09. The molecule has 0 saturated heterocycles. The third kappa shape index (κ3) is 2.83. The minimum Gasteiger partial charge on any atom is -0.389 e. The number of pyridine rings is 1. The molecule has 1 heterocycles. The number of anilines is 1. The molecule has 0 radical (unpaired) electrons. The van der Waals surface area contributed by atoms with E-state index in [1.807, 2.05) is 25.3 Å². The van der Waals surface area contributed by atoms with Crippen LogP contribution in [0.25, 0.3) is 0 Å². The molecular formula is C15H24N2O. The molecule has 0 spiro atoms. The number of hydrogen-bond acceptors (Lipinski definition) is 3. The second kappa shape index (κ2) is 6.19. The van der Waals surface area contributed by atoms with Crippen molar-refractivity contribution in [1.82, 2.24) is 4.98 Å². The predicted molar refractivity (Wildman–Crippen MR) is 74.8 cm³/mol. The maximum atomic E-state index is 9.88. The SMILES string of the molecule is CCN(c1ncccc1[C@@H](C)O)C1CCCCC1. The summed E-state index contributed by atoms with van der Waals surface area (Å²) >= 11 is 0. The van der Waals surface area contributed by atoms with Gasteiger partial charge in [-0.1, -0.05) is 25.3 Å². The minimum absolute atomic E-state index is 0.452. The van der Waals surface area contributed by atoms with E-state index in [0.717, 1.165) is 17.9 Å². The highest BCUT2D eigenvalue weighted by Crippen LogP contribution is 2.30. The Morgan fingerprint density at radius 1 is 1.39 bits per heavy atom. The molecule has 1 aliphatic rings. The van der Waals surface area contributed by atoms with Crippen LogP contribution in [-0.4, -0.2) is 22.7 Å². The summed E-state index contributed by atoms with van der Waals surface area (Å²) in [6.07, 6.45) is 7.88. The van der Waals surface area contributed by atoms with E-state index in [0.29, 0.717) is 6.04 Å². The van der Waals surface area contributed by atoms with Gasteiger partial charge in [-0.2, -0.15) is 0 Å². The van der Waals surface area contributed by atoms with Gasteiger partial charge in [-0.3, -0.25) is 0 Å². The first-order chi connectivity index (χ1) is 8.74. The van der Waals surface area contributed by atoms with Gasteiger partial charge in [-0.25, -0.2) is 4.98 Å². The minimum atomic E-state index is -0.452. The third-order valence-electron chi connectivity index (χ3n) is 3.90. The second-order valence-electron chi connectivity index (χ2n) is 5.17. The molecule has 1 fully saturated rings. The Labute approximate surface area is 110 Å². The molecule has 1 atom stereocenters. The van der Waals surface area contributed by atoms with Crippen LogP contribution >= 0.6 is 0 Å². The van der Waals surface area contributed by atoms with E-state index < -0.39 is 6.10 Å². The van der Waals surface area contributed by atoms with Crippen molar-refractivity contribution in [2.24, 2.45) is 0 Å². The predicted octanol–water partition coefficient (Wildman–Crippen LogP) is 3.29. The van der Waals surface area contributed by atoms with Crippen molar-refractivity contribution in [3.63, 3.8) is 0 Å². The molecular weight excluding hydrogens is 224 g/mol. The summed E-state index contributed by atoms with van der Waals surface area (Å²) in [5.41, 5.74) is 0.949. The first kappa shape index (κ1) is 13.3. The van der Waals surface area contributed by atoms with Crippen LogP contribution in [0.1, 0.15) is 57.6 Å². The molecule has 0 aliphatic heterocycles. The molecule has 1 aliphatic carbocycles. The summed E-state index contributed by atoms with van der Waals surface area (Å²) in [4.78, 5) is 6.89. The first-order valence-electron chi connectivity index (χ1n) is 7.13. The average molecular weight is 248 g/mol. The van der Waals surface area contributed by atoms with E-state index in [1.54, 1.807) is 0 Å². The fourth-order valence-corrected chi connectivity index (χ4v) is 2.95. The van der Waals surface area contributed by atoms with Crippen LogP contribution < -0.4 is 4.90 Å². The monoisotopic (exact) mass is 248 g/mol. The van der Waals surface area contributed by atoms with Gasteiger partial charge in [0.2, 0.25) is 0 Å². The van der Waals surface area contributed by atoms with Gasteiger partial charge in [-0.15, -0.1) is 0 Å². The Kier molecular flexibility index (Phi) is 4.59. The number of aliphatic hydroxyl groups excluding tert-OH is 1. The number of aromatic nitrogens is 1. The van der Waals surface area contributed by atoms with Crippen molar-refractivity contribution < 1.29 is 5.11 Å². The molecule has 1 N–H and O–H groups in total. The highest BCUT2D eigenvalue weighted by molar-refractivity contribution is 5.48. The lowest BCUT2D eigenvalue weighted by Gasteiger charge is -2.35. The van der Waals surface area contributed by atoms with Gasteiger partial charge in [0.05, 0.1) is 6.10 Å². The highest BCUT2D eigenvalue weighted by atomic mass is 16.3. The normalized spacial score (nSPS) is 18.6. The van der Waals surface area contributed by atoms with Crippen LogP contribution in [0.5, 0.6) is 0 Å². The lowest BCUT2D eigenvalue weighted by molar-refractivity contribution is 0.199. The number of aliphatic hydroxyl groups is 1. The largest absolute Gasteiger partial charge is 0.389 e. The molecule has 2 rings (SSSR count). The smallest absolute Gasteiger partial charge is 0.134 e. The van der Waals surface area contributed by atoms with Crippen LogP contribution in [0.15, 0.2) is 18.3 Å². The van der Waals surface area contributed by atoms with Gasteiger partial charge in [0.15, 0.2) is 0 Å². The molecule has 1 saturated carbocycles. The summed E-state index contributed by atoms with van der Waals surface area (Å²) < 4.78 is 0. The Morgan fingerprint density at radius 2 is 2.11 bits per heavy atom. The molecule has 1 aromatic rings. The molecule has 3 heteroatoms. The highest BCUT2D eigenvalue weighted by Gasteiger charge is 2.23. The zero-order chi connectivity index (χ0) is 13.0. The number of hydrogen-bond donors (Lipinski definition) is 1. The number of nitrogens with zero attached hydrogens (tertiary/aromatic N) is 2. The molecule has 0 amide bonds. The second-order valence-corrected chi connectivity index (χ2v) is 5.17. The van der Waals surface area contributed by atoms with E-state index in [1.165, 1.54) is 32.1 Å². The Balaban J connectivity index is 2.26. The van der Waals surface area contributed by atoms with Gasteiger partial charge >= 0.3 is 0 Å². The molecule has 18 heavy (non-hydrogen) atoms. The van der Waals surface area contributed by atoms with Crippen molar-refractivity contribution in [3.05, 3.63) is 23.9 Å². The molecule has 0 bridgehead atoms. The van der Waals surface area contributed by atoms with Crippen LogP contribution in [0.2, 0.25) is 0 Å². The van der Waals surface area contributed by atoms with Crippen LogP contribution in [0.3, 0.4) is 0 Å². The summed E-state index contributed by atoms with van der Waals surface area (Å²) in [6, 6.07) is 4.48. The maximum absolute atomic E-state index is 9.88.